The lowest BCUT2D eigenvalue weighted by Crippen LogP contribution is -2.33. The zero-order valence-electron chi connectivity index (χ0n) is 17.1. The van der Waals surface area contributed by atoms with Crippen molar-refractivity contribution in [3.05, 3.63) is 41.6 Å². The first-order chi connectivity index (χ1) is 14.3. The van der Waals surface area contributed by atoms with Crippen molar-refractivity contribution in [2.24, 2.45) is 7.05 Å². The lowest BCUT2D eigenvalue weighted by atomic mass is 10.2. The van der Waals surface area contributed by atoms with Gasteiger partial charge in [0.2, 0.25) is 5.03 Å². The van der Waals surface area contributed by atoms with Gasteiger partial charge in [0, 0.05) is 32.0 Å². The summed E-state index contributed by atoms with van der Waals surface area (Å²) >= 11 is 0. The number of hydrogen-bond donors (Lipinski definition) is 1. The number of aromatic nitrogens is 2. The van der Waals surface area contributed by atoms with E-state index in [1.807, 2.05) is 0 Å². The van der Waals surface area contributed by atoms with Crippen LogP contribution in [-0.2, 0) is 21.8 Å². The van der Waals surface area contributed by atoms with Crippen LogP contribution < -0.4 is 5.32 Å². The average Bonchev–Trinajstić information content (AvgIpc) is 2.92. The highest BCUT2D eigenvalue weighted by Gasteiger charge is 2.32. The van der Waals surface area contributed by atoms with Gasteiger partial charge in [-0.25, -0.2) is 13.2 Å². The minimum Gasteiger partial charge on any atom is -0.462 e. The van der Waals surface area contributed by atoms with Crippen LogP contribution in [0.2, 0.25) is 0 Å². The number of nitrogens with zero attached hydrogens (tertiary/aromatic N) is 3. The summed E-state index contributed by atoms with van der Waals surface area (Å²) in [5, 5.41) is 6.47. The molecule has 1 saturated heterocycles. The molecule has 2 aromatic rings. The highest BCUT2D eigenvalue weighted by Crippen LogP contribution is 2.23. The molecule has 1 fully saturated rings. The van der Waals surface area contributed by atoms with Gasteiger partial charge in [0.25, 0.3) is 15.9 Å². The van der Waals surface area contributed by atoms with Crippen LogP contribution >= 0.6 is 0 Å². The standard InChI is InChI=1S/C20H26N4O5S/c1-3-29-20(26)15-9-8-10-16(13-15)21-18(25)17-14-23(2)22-19(17)30(27,28)24-11-6-4-5-7-12-24/h8-10,13-14H,3-7,11-12H2,1-2H3,(H,21,25). The van der Waals surface area contributed by atoms with E-state index >= 15 is 0 Å². The first-order valence-corrected chi connectivity index (χ1v) is 11.4. The van der Waals surface area contributed by atoms with E-state index in [-0.39, 0.29) is 17.2 Å². The zero-order valence-corrected chi connectivity index (χ0v) is 17.9. The third-order valence-corrected chi connectivity index (χ3v) is 6.66. The van der Waals surface area contributed by atoms with Gasteiger partial charge >= 0.3 is 5.97 Å². The maximum Gasteiger partial charge on any atom is 0.338 e. The van der Waals surface area contributed by atoms with Crippen LogP contribution in [0.5, 0.6) is 0 Å². The summed E-state index contributed by atoms with van der Waals surface area (Å²) in [6, 6.07) is 6.28. The number of hydrogen-bond acceptors (Lipinski definition) is 6. The first-order valence-electron chi connectivity index (χ1n) is 9.95. The van der Waals surface area contributed by atoms with Crippen LogP contribution in [0.4, 0.5) is 5.69 Å². The first kappa shape index (κ1) is 22.0. The van der Waals surface area contributed by atoms with E-state index in [1.165, 1.54) is 21.3 Å². The van der Waals surface area contributed by atoms with Crippen LogP contribution in [0.1, 0.15) is 53.3 Å². The molecule has 162 valence electrons. The Morgan fingerprint density at radius 1 is 1.17 bits per heavy atom. The van der Waals surface area contributed by atoms with Crippen LogP contribution in [0.3, 0.4) is 0 Å². The molecule has 1 amide bonds. The van der Waals surface area contributed by atoms with E-state index in [2.05, 4.69) is 10.4 Å². The van der Waals surface area contributed by atoms with Crippen molar-refractivity contribution in [2.75, 3.05) is 25.0 Å². The van der Waals surface area contributed by atoms with E-state index in [4.69, 9.17) is 4.74 Å². The Balaban J connectivity index is 1.86. The molecular weight excluding hydrogens is 408 g/mol. The van der Waals surface area contributed by atoms with Crippen molar-refractivity contribution >= 4 is 27.6 Å². The number of ether oxygens (including phenoxy) is 1. The molecule has 0 bridgehead atoms. The van der Waals surface area contributed by atoms with Gasteiger partial charge in [-0.05, 0) is 38.0 Å². The Morgan fingerprint density at radius 2 is 1.87 bits per heavy atom. The SMILES string of the molecule is CCOC(=O)c1cccc(NC(=O)c2cn(C)nc2S(=O)(=O)N2CCCCCC2)c1. The Hall–Kier alpha value is -2.72. The molecule has 0 unspecified atom stereocenters. The van der Waals surface area contributed by atoms with Gasteiger partial charge in [0.1, 0.15) is 0 Å². The fourth-order valence-corrected chi connectivity index (χ4v) is 4.99. The van der Waals surface area contributed by atoms with Crippen LogP contribution in [0.15, 0.2) is 35.5 Å². The fourth-order valence-electron chi connectivity index (χ4n) is 3.36. The van der Waals surface area contributed by atoms with E-state index < -0.39 is 21.9 Å². The van der Waals surface area contributed by atoms with Crippen molar-refractivity contribution < 1.29 is 22.7 Å². The average molecular weight is 435 g/mol. The Morgan fingerprint density at radius 3 is 2.53 bits per heavy atom. The second-order valence-corrected chi connectivity index (χ2v) is 8.95. The number of anilines is 1. The molecule has 0 radical (unpaired) electrons. The number of nitrogens with one attached hydrogen (secondary N) is 1. The van der Waals surface area contributed by atoms with E-state index in [0.717, 1.165) is 25.7 Å². The van der Waals surface area contributed by atoms with Crippen molar-refractivity contribution in [1.82, 2.24) is 14.1 Å². The Bertz CT molecular complexity index is 1020. The maximum absolute atomic E-state index is 13.2. The lowest BCUT2D eigenvalue weighted by molar-refractivity contribution is 0.0526. The normalized spacial score (nSPS) is 15.4. The molecule has 1 aromatic carbocycles. The Kier molecular flexibility index (Phi) is 6.88. The predicted octanol–water partition coefficient (Wildman–Crippen LogP) is 2.41. The summed E-state index contributed by atoms with van der Waals surface area (Å²) in [6.07, 6.45) is 4.93. The summed E-state index contributed by atoms with van der Waals surface area (Å²) in [5.74, 6) is -1.11. The van der Waals surface area contributed by atoms with Crippen molar-refractivity contribution in [3.8, 4) is 0 Å². The molecule has 9 nitrogen and oxygen atoms in total. The van der Waals surface area contributed by atoms with Gasteiger partial charge in [0.15, 0.2) is 0 Å². The smallest absolute Gasteiger partial charge is 0.338 e. The molecule has 0 spiro atoms. The number of aryl methyl sites for hydroxylation is 1. The second kappa shape index (κ2) is 9.40. The second-order valence-electron chi connectivity index (χ2n) is 7.10. The zero-order chi connectivity index (χ0) is 21.7. The fraction of sp³-hybridized carbons (Fsp3) is 0.450. The Labute approximate surface area is 176 Å². The topological polar surface area (TPSA) is 111 Å². The summed E-state index contributed by atoms with van der Waals surface area (Å²) in [7, 11) is -2.33. The van der Waals surface area contributed by atoms with E-state index in [1.54, 1.807) is 32.2 Å². The number of sulfonamides is 1. The van der Waals surface area contributed by atoms with Crippen LogP contribution in [0, 0.1) is 0 Å². The van der Waals surface area contributed by atoms with E-state index in [0.29, 0.717) is 24.3 Å². The molecule has 1 aliphatic heterocycles. The molecular formula is C20H26N4O5S. The highest BCUT2D eigenvalue weighted by molar-refractivity contribution is 7.89. The maximum atomic E-state index is 13.2. The molecule has 0 atom stereocenters. The van der Waals surface area contributed by atoms with Crippen molar-refractivity contribution in [3.63, 3.8) is 0 Å². The number of amides is 1. The predicted molar refractivity (Wildman–Crippen MR) is 111 cm³/mol. The molecule has 1 aromatic heterocycles. The highest BCUT2D eigenvalue weighted by atomic mass is 32.2. The van der Waals surface area contributed by atoms with Gasteiger partial charge < -0.3 is 10.1 Å². The van der Waals surface area contributed by atoms with Gasteiger partial charge in [-0.2, -0.15) is 9.40 Å². The summed E-state index contributed by atoms with van der Waals surface area (Å²) in [5.41, 5.74) is 0.606. The summed E-state index contributed by atoms with van der Waals surface area (Å²) < 4.78 is 34.0. The molecule has 10 heteroatoms. The number of esters is 1. The van der Waals surface area contributed by atoms with Gasteiger partial charge in [-0.1, -0.05) is 18.9 Å². The minimum absolute atomic E-state index is 0.0386. The van der Waals surface area contributed by atoms with Gasteiger partial charge in [-0.15, -0.1) is 0 Å². The third-order valence-electron chi connectivity index (χ3n) is 4.82. The van der Waals surface area contributed by atoms with Gasteiger partial charge in [0.05, 0.1) is 17.7 Å². The molecule has 1 aliphatic rings. The molecule has 2 heterocycles. The molecule has 3 rings (SSSR count). The third kappa shape index (κ3) is 4.88. The number of rotatable bonds is 6. The molecule has 0 saturated carbocycles. The van der Waals surface area contributed by atoms with Crippen molar-refractivity contribution in [1.29, 1.82) is 0 Å². The summed E-state index contributed by atoms with van der Waals surface area (Å²) in [4.78, 5) is 24.8. The number of carbonyl (C=O) groups excluding carboxylic acids is 2. The van der Waals surface area contributed by atoms with Crippen LogP contribution in [0.25, 0.3) is 0 Å². The molecule has 30 heavy (non-hydrogen) atoms. The quantitative estimate of drug-likeness (QED) is 0.699. The van der Waals surface area contributed by atoms with E-state index in [9.17, 15) is 18.0 Å². The molecule has 1 N–H and O–H groups in total. The number of carbonyl (C=O) groups is 2. The largest absolute Gasteiger partial charge is 0.462 e. The van der Waals surface area contributed by atoms with Crippen molar-refractivity contribution in [2.45, 2.75) is 37.6 Å². The van der Waals surface area contributed by atoms with Gasteiger partial charge in [-0.3, -0.25) is 9.48 Å². The number of benzene rings is 1. The molecule has 0 aliphatic carbocycles. The minimum atomic E-state index is -3.89. The lowest BCUT2D eigenvalue weighted by Gasteiger charge is -2.19. The summed E-state index contributed by atoms with van der Waals surface area (Å²) in [6.45, 7) is 2.78. The van der Waals surface area contributed by atoms with Crippen LogP contribution in [-0.4, -0.2) is 54.1 Å². The monoisotopic (exact) mass is 434 g/mol.